The van der Waals surface area contributed by atoms with Crippen LogP contribution >= 0.6 is 24.0 Å². The molecule has 17 heavy (non-hydrogen) atoms. The second-order valence-corrected chi connectivity index (χ2v) is 4.50. The number of imidazole rings is 1. The third-order valence-corrected chi connectivity index (χ3v) is 2.91. The zero-order valence-corrected chi connectivity index (χ0v) is 11.1. The van der Waals surface area contributed by atoms with Crippen molar-refractivity contribution in [2.75, 3.05) is 0 Å². The molecule has 0 radical (unpaired) electrons. The third kappa shape index (κ3) is 4.80. The van der Waals surface area contributed by atoms with Crippen molar-refractivity contribution in [3.63, 3.8) is 0 Å². The predicted octanol–water partition coefficient (Wildman–Crippen LogP) is 3.55. The first-order valence-corrected chi connectivity index (χ1v) is 5.92. The molecule has 2 nitrogen and oxygen atoms in total. The minimum Gasteiger partial charge on any atom is -0.336 e. The highest BCUT2D eigenvalue weighted by Gasteiger charge is 2.05. The summed E-state index contributed by atoms with van der Waals surface area (Å²) < 4.78 is 2.02. The van der Waals surface area contributed by atoms with E-state index in [1.807, 2.05) is 16.8 Å². The monoisotopic (exact) mass is 270 g/mol. The summed E-state index contributed by atoms with van der Waals surface area (Å²) in [4.78, 5) is 4.00. The van der Waals surface area contributed by atoms with Gasteiger partial charge in [-0.3, -0.25) is 0 Å². The summed E-state index contributed by atoms with van der Waals surface area (Å²) in [5.74, 6) is 0. The Balaban J connectivity index is 0.00000144. The smallest absolute Gasteiger partial charge is 0.0946 e. The van der Waals surface area contributed by atoms with Crippen molar-refractivity contribution in [3.05, 3.63) is 54.6 Å². The summed E-state index contributed by atoms with van der Waals surface area (Å²) in [7, 11) is 0. The van der Waals surface area contributed by atoms with E-state index in [0.717, 1.165) is 19.4 Å². The van der Waals surface area contributed by atoms with Crippen molar-refractivity contribution in [1.82, 2.24) is 9.55 Å². The first kappa shape index (κ1) is 14.1. The molecule has 0 saturated heterocycles. The van der Waals surface area contributed by atoms with Crippen LogP contribution in [-0.2, 0) is 13.0 Å². The molecule has 0 saturated carbocycles. The number of aromatic nitrogens is 2. The van der Waals surface area contributed by atoms with Gasteiger partial charge in [0.05, 0.1) is 11.7 Å². The highest BCUT2D eigenvalue weighted by Crippen LogP contribution is 2.11. The number of aryl methyl sites for hydroxylation is 1. The van der Waals surface area contributed by atoms with Crippen LogP contribution in [0.1, 0.15) is 12.0 Å². The van der Waals surface area contributed by atoms with Gasteiger partial charge in [0, 0.05) is 18.9 Å². The van der Waals surface area contributed by atoms with E-state index in [4.69, 9.17) is 11.6 Å². The molecule has 1 unspecified atom stereocenters. The molecule has 0 fully saturated rings. The molecule has 0 bridgehead atoms. The van der Waals surface area contributed by atoms with E-state index in [0.29, 0.717) is 0 Å². The Morgan fingerprint density at radius 1 is 1.24 bits per heavy atom. The Bertz CT molecular complexity index is 401. The molecule has 1 aromatic carbocycles. The molecule has 1 atom stereocenters. The van der Waals surface area contributed by atoms with Crippen molar-refractivity contribution in [3.8, 4) is 0 Å². The molecule has 92 valence electrons. The van der Waals surface area contributed by atoms with Crippen LogP contribution in [0.15, 0.2) is 49.1 Å². The topological polar surface area (TPSA) is 17.8 Å². The SMILES string of the molecule is Cl.ClC(CCc1ccccc1)Cn1ccnc1. The minimum atomic E-state index is 0. The molecule has 0 N–H and O–H groups in total. The van der Waals surface area contributed by atoms with Crippen LogP contribution < -0.4 is 0 Å². The molecule has 0 amide bonds. The number of alkyl halides is 1. The maximum Gasteiger partial charge on any atom is 0.0946 e. The average molecular weight is 271 g/mol. The lowest BCUT2D eigenvalue weighted by Crippen LogP contribution is -2.10. The van der Waals surface area contributed by atoms with Crippen molar-refractivity contribution >= 4 is 24.0 Å². The normalized spacial score (nSPS) is 11.8. The third-order valence-electron chi connectivity index (χ3n) is 2.56. The van der Waals surface area contributed by atoms with Gasteiger partial charge >= 0.3 is 0 Å². The standard InChI is InChI=1S/C13H15ClN2.ClH/c14-13(10-16-9-8-15-11-16)7-6-12-4-2-1-3-5-12;/h1-5,8-9,11,13H,6-7,10H2;1H. The van der Waals surface area contributed by atoms with Gasteiger partial charge in [-0.05, 0) is 18.4 Å². The summed E-state index contributed by atoms with van der Waals surface area (Å²) in [5.41, 5.74) is 1.35. The number of halogens is 2. The lowest BCUT2D eigenvalue weighted by atomic mass is 10.1. The lowest BCUT2D eigenvalue weighted by molar-refractivity contribution is 0.617. The quantitative estimate of drug-likeness (QED) is 0.760. The lowest BCUT2D eigenvalue weighted by Gasteiger charge is -2.09. The zero-order chi connectivity index (χ0) is 11.2. The van der Waals surface area contributed by atoms with Gasteiger partial charge in [-0.1, -0.05) is 30.3 Å². The molecular weight excluding hydrogens is 255 g/mol. The first-order chi connectivity index (χ1) is 7.84. The first-order valence-electron chi connectivity index (χ1n) is 5.48. The van der Waals surface area contributed by atoms with Crippen molar-refractivity contribution in [1.29, 1.82) is 0 Å². The Morgan fingerprint density at radius 3 is 2.65 bits per heavy atom. The Morgan fingerprint density at radius 2 is 2.00 bits per heavy atom. The predicted molar refractivity (Wildman–Crippen MR) is 73.9 cm³/mol. The minimum absolute atomic E-state index is 0. The van der Waals surface area contributed by atoms with Gasteiger partial charge in [-0.25, -0.2) is 4.98 Å². The summed E-state index contributed by atoms with van der Waals surface area (Å²) in [6.45, 7) is 0.828. The Kier molecular flexibility index (Phi) is 6.09. The summed E-state index contributed by atoms with van der Waals surface area (Å²) in [6, 6.07) is 10.4. The number of nitrogens with zero attached hydrogens (tertiary/aromatic N) is 2. The maximum atomic E-state index is 6.27. The highest BCUT2D eigenvalue weighted by molar-refractivity contribution is 6.20. The van der Waals surface area contributed by atoms with Crippen molar-refractivity contribution in [2.45, 2.75) is 24.8 Å². The number of hydrogen-bond acceptors (Lipinski definition) is 1. The van der Waals surface area contributed by atoms with Gasteiger partial charge in [0.15, 0.2) is 0 Å². The molecule has 2 rings (SSSR count). The molecule has 1 aromatic heterocycles. The zero-order valence-electron chi connectivity index (χ0n) is 9.50. The largest absolute Gasteiger partial charge is 0.336 e. The van der Waals surface area contributed by atoms with Crippen molar-refractivity contribution < 1.29 is 0 Å². The fourth-order valence-corrected chi connectivity index (χ4v) is 1.95. The summed E-state index contributed by atoms with van der Waals surface area (Å²) in [5, 5.41) is 0.161. The fraction of sp³-hybridized carbons (Fsp3) is 0.308. The maximum absolute atomic E-state index is 6.27. The van der Waals surface area contributed by atoms with E-state index in [9.17, 15) is 0 Å². The molecule has 4 heteroatoms. The van der Waals surface area contributed by atoms with E-state index < -0.39 is 0 Å². The van der Waals surface area contributed by atoms with E-state index in [1.165, 1.54) is 5.56 Å². The van der Waals surface area contributed by atoms with Crippen LogP contribution in [0.2, 0.25) is 0 Å². The molecule has 1 heterocycles. The van der Waals surface area contributed by atoms with Gasteiger partial charge in [0.1, 0.15) is 0 Å². The molecule has 2 aromatic rings. The van der Waals surface area contributed by atoms with Crippen LogP contribution in [0, 0.1) is 0 Å². The summed E-state index contributed by atoms with van der Waals surface area (Å²) >= 11 is 6.27. The van der Waals surface area contributed by atoms with Crippen molar-refractivity contribution in [2.24, 2.45) is 0 Å². The Hall–Kier alpha value is -0.990. The van der Waals surface area contributed by atoms with Crippen LogP contribution in [-0.4, -0.2) is 14.9 Å². The van der Waals surface area contributed by atoms with Gasteiger partial charge in [0.2, 0.25) is 0 Å². The van der Waals surface area contributed by atoms with Gasteiger partial charge < -0.3 is 4.57 Å². The second kappa shape index (κ2) is 7.36. The second-order valence-electron chi connectivity index (χ2n) is 3.88. The van der Waals surface area contributed by atoms with Gasteiger partial charge in [0.25, 0.3) is 0 Å². The van der Waals surface area contributed by atoms with Crippen LogP contribution in [0.25, 0.3) is 0 Å². The fourth-order valence-electron chi connectivity index (χ4n) is 1.68. The van der Waals surface area contributed by atoms with Crippen LogP contribution in [0.5, 0.6) is 0 Å². The molecule has 0 aliphatic heterocycles. The summed E-state index contributed by atoms with van der Waals surface area (Å²) in [6.07, 6.45) is 7.55. The molecule has 0 spiro atoms. The highest BCUT2D eigenvalue weighted by atomic mass is 35.5. The number of rotatable bonds is 5. The molecular formula is C13H16Cl2N2. The van der Waals surface area contributed by atoms with E-state index in [-0.39, 0.29) is 17.8 Å². The van der Waals surface area contributed by atoms with Gasteiger partial charge in [-0.15, -0.1) is 24.0 Å². The van der Waals surface area contributed by atoms with Gasteiger partial charge in [-0.2, -0.15) is 0 Å². The van der Waals surface area contributed by atoms with Crippen LogP contribution in [0.3, 0.4) is 0 Å². The van der Waals surface area contributed by atoms with E-state index in [2.05, 4.69) is 29.2 Å². The Labute approximate surface area is 113 Å². The van der Waals surface area contributed by atoms with Crippen LogP contribution in [0.4, 0.5) is 0 Å². The number of benzene rings is 1. The number of hydrogen-bond donors (Lipinski definition) is 0. The van der Waals surface area contributed by atoms with E-state index in [1.54, 1.807) is 12.5 Å². The molecule has 0 aliphatic rings. The average Bonchev–Trinajstić information content (AvgIpc) is 2.81. The van der Waals surface area contributed by atoms with E-state index >= 15 is 0 Å². The molecule has 0 aliphatic carbocycles.